The number of aromatic nitrogens is 1. The van der Waals surface area contributed by atoms with Crippen molar-refractivity contribution in [3.05, 3.63) is 70.2 Å². The minimum atomic E-state index is -4.33. The van der Waals surface area contributed by atoms with Gasteiger partial charge in [-0.05, 0) is 74.3 Å². The molecule has 3 nitrogen and oxygen atoms in total. The Hall–Kier alpha value is -2.32. The topological polar surface area (TPSA) is 39.2 Å². The summed E-state index contributed by atoms with van der Waals surface area (Å²) in [5.74, 6) is 1.63. The summed E-state index contributed by atoms with van der Waals surface area (Å²) in [5.41, 5.74) is 2.32. The molecule has 0 N–H and O–H groups in total. The van der Waals surface area contributed by atoms with E-state index in [1.807, 2.05) is 6.92 Å². The van der Waals surface area contributed by atoms with Crippen molar-refractivity contribution in [3.63, 3.8) is 0 Å². The number of halogens is 3. The van der Waals surface area contributed by atoms with Gasteiger partial charge in [0.1, 0.15) is 5.01 Å². The fourth-order valence-corrected chi connectivity index (χ4v) is 6.60. The molecule has 0 bridgehead atoms. The van der Waals surface area contributed by atoms with Gasteiger partial charge in [-0.25, -0.2) is 4.98 Å². The fraction of sp³-hybridized carbons (Fsp3) is 0.407. The van der Waals surface area contributed by atoms with E-state index in [4.69, 9.17) is 4.74 Å². The van der Waals surface area contributed by atoms with Crippen LogP contribution in [0.25, 0.3) is 10.6 Å². The Morgan fingerprint density at radius 3 is 2.31 bits per heavy atom. The van der Waals surface area contributed by atoms with E-state index in [9.17, 15) is 18.0 Å². The molecule has 2 aromatic carbocycles. The van der Waals surface area contributed by atoms with Gasteiger partial charge in [-0.2, -0.15) is 13.2 Å². The normalized spacial score (nSPS) is 18.4. The molecule has 1 fully saturated rings. The lowest BCUT2D eigenvalue weighted by molar-refractivity contribution is -0.142. The third-order valence-electron chi connectivity index (χ3n) is 6.60. The number of benzene rings is 2. The first kappa shape index (κ1) is 25.8. The van der Waals surface area contributed by atoms with Gasteiger partial charge >= 0.3 is 12.1 Å². The van der Waals surface area contributed by atoms with Crippen LogP contribution in [0.15, 0.2) is 53.4 Å². The van der Waals surface area contributed by atoms with E-state index in [0.717, 1.165) is 59.1 Å². The van der Waals surface area contributed by atoms with Gasteiger partial charge in [0.25, 0.3) is 0 Å². The average Bonchev–Trinajstić information content (AvgIpc) is 3.23. The summed E-state index contributed by atoms with van der Waals surface area (Å²) in [6.07, 6.45) is 0.501. The van der Waals surface area contributed by atoms with Crippen molar-refractivity contribution in [2.45, 2.75) is 61.8 Å². The standard InChI is InChI=1S/C27H28F3NO2S2/c1-17-24(35-26(31-17)21-7-11-22(12-8-21)27(28,29)30)16-34-23-13-9-20(10-14-23)19-5-3-18(4-6-19)15-25(32)33-2/h7-14,18-19H,3-6,15-16H2,1-2H3. The molecule has 0 spiro atoms. The number of esters is 1. The third kappa shape index (κ3) is 6.67. The summed E-state index contributed by atoms with van der Waals surface area (Å²) < 4.78 is 43.3. The summed E-state index contributed by atoms with van der Waals surface area (Å²) in [4.78, 5) is 18.4. The molecule has 1 aliphatic rings. The monoisotopic (exact) mass is 519 g/mol. The van der Waals surface area contributed by atoms with Gasteiger partial charge in [-0.1, -0.05) is 24.3 Å². The van der Waals surface area contributed by atoms with E-state index in [0.29, 0.717) is 23.8 Å². The van der Waals surface area contributed by atoms with Crippen LogP contribution in [0.2, 0.25) is 0 Å². The number of nitrogens with zero attached hydrogens (tertiary/aromatic N) is 1. The summed E-state index contributed by atoms with van der Waals surface area (Å²) in [7, 11) is 1.45. The number of hydrogen-bond donors (Lipinski definition) is 0. The van der Waals surface area contributed by atoms with Crippen LogP contribution in [0.4, 0.5) is 13.2 Å². The van der Waals surface area contributed by atoms with Crippen molar-refractivity contribution in [2.24, 2.45) is 5.92 Å². The van der Waals surface area contributed by atoms with E-state index >= 15 is 0 Å². The van der Waals surface area contributed by atoms with Gasteiger partial charge in [-0.3, -0.25) is 4.79 Å². The molecule has 35 heavy (non-hydrogen) atoms. The maximum atomic E-state index is 12.8. The van der Waals surface area contributed by atoms with Crippen molar-refractivity contribution in [2.75, 3.05) is 7.11 Å². The lowest BCUT2D eigenvalue weighted by Gasteiger charge is -2.28. The van der Waals surface area contributed by atoms with Crippen molar-refractivity contribution in [1.82, 2.24) is 4.98 Å². The number of thiazole rings is 1. The molecule has 4 rings (SSSR count). The van der Waals surface area contributed by atoms with Gasteiger partial charge in [0.2, 0.25) is 0 Å². The molecule has 1 heterocycles. The number of rotatable bonds is 7. The predicted octanol–water partition coefficient (Wildman–Crippen LogP) is 8.27. The second kappa shape index (κ2) is 11.2. The van der Waals surface area contributed by atoms with E-state index in [-0.39, 0.29) is 5.97 Å². The van der Waals surface area contributed by atoms with Gasteiger partial charge in [0.05, 0.1) is 18.4 Å². The minimum Gasteiger partial charge on any atom is -0.469 e. The Balaban J connectivity index is 1.32. The Morgan fingerprint density at radius 2 is 1.71 bits per heavy atom. The van der Waals surface area contributed by atoms with Crippen molar-refractivity contribution in [3.8, 4) is 10.6 Å². The zero-order valence-electron chi connectivity index (χ0n) is 19.7. The van der Waals surface area contributed by atoms with Gasteiger partial charge < -0.3 is 4.74 Å². The van der Waals surface area contributed by atoms with E-state index in [1.165, 1.54) is 41.0 Å². The molecule has 8 heteroatoms. The van der Waals surface area contributed by atoms with Crippen LogP contribution in [-0.4, -0.2) is 18.1 Å². The molecule has 1 aromatic heterocycles. The van der Waals surface area contributed by atoms with Crippen LogP contribution in [0, 0.1) is 12.8 Å². The van der Waals surface area contributed by atoms with Crippen LogP contribution in [0.1, 0.15) is 59.7 Å². The summed E-state index contributed by atoms with van der Waals surface area (Å²) >= 11 is 3.27. The molecular formula is C27H28F3NO2S2. The molecule has 0 atom stereocenters. The third-order valence-corrected chi connectivity index (χ3v) is 9.03. The number of carbonyl (C=O) groups excluding carboxylic acids is 1. The first-order valence-electron chi connectivity index (χ1n) is 11.7. The first-order valence-corrected chi connectivity index (χ1v) is 13.5. The molecule has 1 saturated carbocycles. The molecular weight excluding hydrogens is 491 g/mol. The van der Waals surface area contributed by atoms with Crippen molar-refractivity contribution >= 4 is 29.1 Å². The van der Waals surface area contributed by atoms with Gasteiger partial charge in [0, 0.05) is 27.5 Å². The quantitative estimate of drug-likeness (QED) is 0.233. The Morgan fingerprint density at radius 1 is 1.06 bits per heavy atom. The average molecular weight is 520 g/mol. The van der Waals surface area contributed by atoms with Gasteiger partial charge in [0.15, 0.2) is 0 Å². The number of aryl methyl sites for hydroxylation is 1. The van der Waals surface area contributed by atoms with E-state index < -0.39 is 11.7 Å². The molecule has 0 amide bonds. The molecule has 0 unspecified atom stereocenters. The number of ether oxygens (including phenoxy) is 1. The zero-order valence-corrected chi connectivity index (χ0v) is 21.4. The smallest absolute Gasteiger partial charge is 0.416 e. The lowest BCUT2D eigenvalue weighted by Crippen LogP contribution is -2.17. The lowest BCUT2D eigenvalue weighted by atomic mass is 9.77. The largest absolute Gasteiger partial charge is 0.469 e. The second-order valence-corrected chi connectivity index (χ2v) is 11.1. The highest BCUT2D eigenvalue weighted by atomic mass is 32.2. The Labute approximate surface area is 212 Å². The van der Waals surface area contributed by atoms with Gasteiger partial charge in [-0.15, -0.1) is 23.1 Å². The Kier molecular flexibility index (Phi) is 8.22. The maximum absolute atomic E-state index is 12.8. The van der Waals surface area contributed by atoms with E-state index in [1.54, 1.807) is 11.8 Å². The minimum absolute atomic E-state index is 0.113. The van der Waals surface area contributed by atoms with Crippen LogP contribution in [-0.2, 0) is 21.5 Å². The predicted molar refractivity (Wildman–Crippen MR) is 135 cm³/mol. The number of carbonyl (C=O) groups is 1. The SMILES string of the molecule is COC(=O)CC1CCC(c2ccc(SCc3sc(-c4ccc(C(F)(F)F)cc4)nc3C)cc2)CC1. The molecule has 186 valence electrons. The summed E-state index contributed by atoms with van der Waals surface area (Å²) in [5, 5.41) is 0.741. The molecule has 3 aromatic rings. The van der Waals surface area contributed by atoms with E-state index in [2.05, 4.69) is 29.2 Å². The zero-order chi connectivity index (χ0) is 25.0. The van der Waals surface area contributed by atoms with Crippen molar-refractivity contribution in [1.29, 1.82) is 0 Å². The molecule has 1 aliphatic carbocycles. The Bertz CT molecular complexity index is 1130. The first-order chi connectivity index (χ1) is 16.7. The number of thioether (sulfide) groups is 1. The maximum Gasteiger partial charge on any atom is 0.416 e. The summed E-state index contributed by atoms with van der Waals surface area (Å²) in [6.45, 7) is 1.94. The highest BCUT2D eigenvalue weighted by molar-refractivity contribution is 7.98. The van der Waals surface area contributed by atoms with Crippen LogP contribution < -0.4 is 0 Å². The van der Waals surface area contributed by atoms with Crippen molar-refractivity contribution < 1.29 is 22.7 Å². The number of hydrogen-bond acceptors (Lipinski definition) is 5. The molecule has 0 radical (unpaired) electrons. The van der Waals surface area contributed by atoms with Crippen LogP contribution in [0.3, 0.4) is 0 Å². The summed E-state index contributed by atoms with van der Waals surface area (Å²) in [6, 6.07) is 13.9. The van der Waals surface area contributed by atoms with Crippen LogP contribution >= 0.6 is 23.1 Å². The highest BCUT2D eigenvalue weighted by Gasteiger charge is 2.30. The number of methoxy groups -OCH3 is 1. The van der Waals surface area contributed by atoms with Crippen LogP contribution in [0.5, 0.6) is 0 Å². The highest BCUT2D eigenvalue weighted by Crippen LogP contribution is 2.39. The second-order valence-electron chi connectivity index (χ2n) is 8.96. The fourth-order valence-electron chi connectivity index (χ4n) is 4.49. The molecule has 0 saturated heterocycles. The molecule has 0 aliphatic heterocycles. The number of alkyl halides is 3.